The Kier molecular flexibility index (Phi) is 7.92. The van der Waals surface area contributed by atoms with E-state index in [0.717, 1.165) is 63.4 Å². The van der Waals surface area contributed by atoms with Gasteiger partial charge in [-0.2, -0.15) is 0 Å². The predicted octanol–water partition coefficient (Wildman–Crippen LogP) is 4.93. The number of carbonyl (C=O) groups is 1. The van der Waals surface area contributed by atoms with Crippen molar-refractivity contribution in [1.82, 2.24) is 9.80 Å². The fourth-order valence-corrected chi connectivity index (χ4v) is 5.35. The second kappa shape index (κ2) is 11.1. The number of hydrogen-bond donors (Lipinski definition) is 0. The molecule has 2 aromatic carbocycles. The molecule has 178 valence electrons. The van der Waals surface area contributed by atoms with E-state index in [1.54, 1.807) is 0 Å². The Labute approximate surface area is 198 Å². The lowest BCUT2D eigenvalue weighted by Gasteiger charge is -2.44. The van der Waals surface area contributed by atoms with Gasteiger partial charge in [0.15, 0.2) is 6.61 Å². The molecule has 0 N–H and O–H groups in total. The zero-order valence-corrected chi connectivity index (χ0v) is 20.2. The smallest absolute Gasteiger partial charge is 0.260 e. The van der Waals surface area contributed by atoms with Crippen molar-refractivity contribution in [2.75, 3.05) is 39.9 Å². The maximum Gasteiger partial charge on any atom is 0.260 e. The number of fused-ring (bicyclic) bond motifs is 1. The van der Waals surface area contributed by atoms with Gasteiger partial charge in [0.1, 0.15) is 11.5 Å². The van der Waals surface area contributed by atoms with Crippen molar-refractivity contribution in [3.63, 3.8) is 0 Å². The molecule has 0 saturated carbocycles. The number of aryl methyl sites for hydroxylation is 1. The number of ether oxygens (including phenoxy) is 2. The van der Waals surface area contributed by atoms with E-state index in [-0.39, 0.29) is 17.9 Å². The van der Waals surface area contributed by atoms with Crippen molar-refractivity contribution in [3.8, 4) is 11.5 Å². The summed E-state index contributed by atoms with van der Waals surface area (Å²) in [6, 6.07) is 16.5. The number of rotatable bonds is 4. The van der Waals surface area contributed by atoms with E-state index in [1.807, 2.05) is 37.1 Å². The first kappa shape index (κ1) is 23.6. The van der Waals surface area contributed by atoms with Crippen LogP contribution in [0, 0.1) is 5.41 Å². The third kappa shape index (κ3) is 6.08. The van der Waals surface area contributed by atoms with Gasteiger partial charge < -0.3 is 14.4 Å². The van der Waals surface area contributed by atoms with Gasteiger partial charge in [-0.3, -0.25) is 9.69 Å². The first-order chi connectivity index (χ1) is 16.1. The summed E-state index contributed by atoms with van der Waals surface area (Å²) in [6.07, 6.45) is 6.78. The van der Waals surface area contributed by atoms with Gasteiger partial charge in [0.05, 0.1) is 6.61 Å². The largest absolute Gasteiger partial charge is 0.494 e. The molecule has 0 atom stereocenters. The van der Waals surface area contributed by atoms with Crippen molar-refractivity contribution in [2.24, 2.45) is 5.41 Å². The maximum atomic E-state index is 12.8. The van der Waals surface area contributed by atoms with Crippen LogP contribution in [0.5, 0.6) is 11.5 Å². The maximum absolute atomic E-state index is 12.8. The van der Waals surface area contributed by atoms with Gasteiger partial charge in [-0.25, -0.2) is 0 Å². The van der Waals surface area contributed by atoms with E-state index in [9.17, 15) is 4.79 Å². The number of likely N-dealkylation sites (N-methyl/N-ethyl adjacent to an activating group) is 1. The van der Waals surface area contributed by atoms with Gasteiger partial charge >= 0.3 is 0 Å². The number of hydrogen-bond acceptors (Lipinski definition) is 4. The van der Waals surface area contributed by atoms with Crippen LogP contribution < -0.4 is 9.47 Å². The molecular formula is C28H38N2O3. The summed E-state index contributed by atoms with van der Waals surface area (Å²) in [7, 11) is 1.94. The van der Waals surface area contributed by atoms with Gasteiger partial charge in [-0.05, 0) is 75.2 Å². The lowest BCUT2D eigenvalue weighted by Crippen LogP contribution is -2.47. The van der Waals surface area contributed by atoms with Crippen LogP contribution >= 0.6 is 0 Å². The Morgan fingerprint density at radius 1 is 1.00 bits per heavy atom. The van der Waals surface area contributed by atoms with Crippen molar-refractivity contribution < 1.29 is 14.3 Å². The molecule has 5 nitrogen and oxygen atoms in total. The van der Waals surface area contributed by atoms with Crippen LogP contribution in [0.25, 0.3) is 0 Å². The van der Waals surface area contributed by atoms with E-state index in [1.165, 1.54) is 24.0 Å². The van der Waals surface area contributed by atoms with Gasteiger partial charge in [0.2, 0.25) is 0 Å². The first-order valence-corrected chi connectivity index (χ1v) is 12.5. The Bertz CT molecular complexity index is 921. The van der Waals surface area contributed by atoms with Crippen molar-refractivity contribution in [1.29, 1.82) is 0 Å². The lowest BCUT2D eigenvalue weighted by atomic mass is 9.73. The molecular weight excluding hydrogens is 412 g/mol. The number of carbonyl (C=O) groups excluding carboxylic acids is 1. The van der Waals surface area contributed by atoms with Crippen LogP contribution in [0.2, 0.25) is 0 Å². The molecule has 2 aliphatic rings. The van der Waals surface area contributed by atoms with Crippen LogP contribution in [0.1, 0.15) is 50.2 Å². The zero-order chi connectivity index (χ0) is 23.1. The molecule has 4 rings (SSSR count). The minimum absolute atomic E-state index is 0.0674. The zero-order valence-electron chi connectivity index (χ0n) is 20.2. The molecule has 0 radical (unpaired) electrons. The second-order valence-corrected chi connectivity index (χ2v) is 9.67. The number of amides is 1. The van der Waals surface area contributed by atoms with Gasteiger partial charge in [0, 0.05) is 25.7 Å². The predicted molar refractivity (Wildman–Crippen MR) is 132 cm³/mol. The topological polar surface area (TPSA) is 42.0 Å². The highest BCUT2D eigenvalue weighted by Crippen LogP contribution is 2.39. The molecule has 1 saturated heterocycles. The van der Waals surface area contributed by atoms with E-state index >= 15 is 0 Å². The summed E-state index contributed by atoms with van der Waals surface area (Å²) in [6.45, 7) is 6.70. The van der Waals surface area contributed by atoms with Crippen LogP contribution in [-0.2, 0) is 17.8 Å². The number of piperidine rings is 1. The fourth-order valence-electron chi connectivity index (χ4n) is 5.35. The number of para-hydroxylation sites is 2. The van der Waals surface area contributed by atoms with Crippen LogP contribution in [0.15, 0.2) is 48.5 Å². The monoisotopic (exact) mass is 450 g/mol. The third-order valence-electron chi connectivity index (χ3n) is 7.31. The van der Waals surface area contributed by atoms with Crippen LogP contribution in [-0.4, -0.2) is 55.6 Å². The molecule has 1 amide bonds. The highest BCUT2D eigenvalue weighted by Gasteiger charge is 2.36. The summed E-state index contributed by atoms with van der Waals surface area (Å²) < 4.78 is 11.8. The normalized spacial score (nSPS) is 19.8. The Balaban J connectivity index is 1.41. The molecule has 5 heteroatoms. The SMILES string of the molecule is CCOc1ccccc1CN1CCC2(CCCCc3ccccc3OCC(=O)N(C)C2)CC1. The molecule has 0 unspecified atom stereocenters. The van der Waals surface area contributed by atoms with Crippen molar-refractivity contribution in [2.45, 2.75) is 52.0 Å². The van der Waals surface area contributed by atoms with E-state index < -0.39 is 0 Å². The average molecular weight is 451 g/mol. The minimum atomic E-state index is 0.0674. The lowest BCUT2D eigenvalue weighted by molar-refractivity contribution is -0.134. The van der Waals surface area contributed by atoms with Crippen LogP contribution in [0.3, 0.4) is 0 Å². The molecule has 2 aromatic rings. The standard InChI is InChI=1S/C28H38N2O3/c1-3-32-26-14-7-5-12-24(26)20-30-18-16-28(17-19-30)15-9-8-11-23-10-4-6-13-25(23)33-21-27(31)29(2)22-28/h4-7,10,12-14H,3,8-9,11,15-22H2,1-2H3. The molecule has 0 aliphatic carbocycles. The Hall–Kier alpha value is -2.53. The van der Waals surface area contributed by atoms with E-state index in [4.69, 9.17) is 9.47 Å². The van der Waals surface area contributed by atoms with Gasteiger partial charge in [-0.1, -0.05) is 42.8 Å². The molecule has 2 aliphatic heterocycles. The van der Waals surface area contributed by atoms with Crippen LogP contribution in [0.4, 0.5) is 0 Å². The second-order valence-electron chi connectivity index (χ2n) is 9.67. The molecule has 33 heavy (non-hydrogen) atoms. The quantitative estimate of drug-likeness (QED) is 0.662. The number of benzene rings is 2. The highest BCUT2D eigenvalue weighted by atomic mass is 16.5. The summed E-state index contributed by atoms with van der Waals surface area (Å²) in [5, 5.41) is 0. The van der Waals surface area contributed by atoms with Crippen molar-refractivity contribution in [3.05, 3.63) is 59.7 Å². The molecule has 1 spiro atoms. The summed E-state index contributed by atoms with van der Waals surface area (Å²) in [5.74, 6) is 1.92. The first-order valence-electron chi connectivity index (χ1n) is 12.5. The highest BCUT2D eigenvalue weighted by molar-refractivity contribution is 5.77. The summed E-state index contributed by atoms with van der Waals surface area (Å²) in [4.78, 5) is 17.3. The Morgan fingerprint density at radius 3 is 2.58 bits per heavy atom. The average Bonchev–Trinajstić information content (AvgIpc) is 2.83. The summed E-state index contributed by atoms with van der Waals surface area (Å²) >= 11 is 0. The van der Waals surface area contributed by atoms with E-state index in [0.29, 0.717) is 6.61 Å². The van der Waals surface area contributed by atoms with Gasteiger partial charge in [-0.15, -0.1) is 0 Å². The third-order valence-corrected chi connectivity index (χ3v) is 7.31. The minimum Gasteiger partial charge on any atom is -0.494 e. The number of nitrogens with zero attached hydrogens (tertiary/aromatic N) is 2. The van der Waals surface area contributed by atoms with Crippen molar-refractivity contribution >= 4 is 5.91 Å². The molecule has 2 heterocycles. The number of likely N-dealkylation sites (tertiary alicyclic amines) is 1. The Morgan fingerprint density at radius 2 is 1.76 bits per heavy atom. The molecule has 0 aromatic heterocycles. The molecule has 1 fully saturated rings. The van der Waals surface area contributed by atoms with E-state index in [2.05, 4.69) is 35.2 Å². The van der Waals surface area contributed by atoms with Gasteiger partial charge in [0.25, 0.3) is 5.91 Å². The molecule has 0 bridgehead atoms. The summed E-state index contributed by atoms with van der Waals surface area (Å²) in [5.41, 5.74) is 2.67. The fraction of sp³-hybridized carbons (Fsp3) is 0.536.